The van der Waals surface area contributed by atoms with E-state index in [-0.39, 0.29) is 6.61 Å². The molecule has 1 aromatic rings. The molecule has 21 heavy (non-hydrogen) atoms. The van der Waals surface area contributed by atoms with E-state index in [1.165, 1.54) is 6.92 Å². The summed E-state index contributed by atoms with van der Waals surface area (Å²) in [6.07, 6.45) is -5.55. The third kappa shape index (κ3) is 3.92. The fourth-order valence-corrected chi connectivity index (χ4v) is 2.12. The summed E-state index contributed by atoms with van der Waals surface area (Å²) < 4.78 is 9.92. The van der Waals surface area contributed by atoms with Gasteiger partial charge in [0.15, 0.2) is 6.29 Å². The molecule has 116 valence electrons. The lowest BCUT2D eigenvalue weighted by atomic mass is 9.97. The van der Waals surface area contributed by atoms with E-state index in [9.17, 15) is 20.1 Å². The minimum absolute atomic E-state index is 0.0696. The lowest BCUT2D eigenvalue weighted by Crippen LogP contribution is -2.63. The zero-order valence-corrected chi connectivity index (χ0v) is 11.5. The summed E-state index contributed by atoms with van der Waals surface area (Å²) in [6, 6.07) is 8.03. The molecule has 5 atom stereocenters. The molecule has 2 rings (SSSR count). The van der Waals surface area contributed by atoms with Gasteiger partial charge in [0.1, 0.15) is 18.8 Å². The molecular formula is C14H19NO6. The molecule has 0 spiro atoms. The number of carbonyl (C=O) groups excluding carboxylic acids is 1. The molecule has 7 nitrogen and oxygen atoms in total. The van der Waals surface area contributed by atoms with Gasteiger partial charge in [0, 0.05) is 0 Å². The zero-order valence-electron chi connectivity index (χ0n) is 11.5. The molecule has 1 amide bonds. The number of amides is 1. The molecule has 1 aromatic carbocycles. The zero-order chi connectivity index (χ0) is 15.4. The van der Waals surface area contributed by atoms with Crippen molar-refractivity contribution >= 4 is 6.09 Å². The maximum atomic E-state index is 11.7. The molecule has 1 fully saturated rings. The Balaban J connectivity index is 1.89. The summed E-state index contributed by atoms with van der Waals surface area (Å²) in [4.78, 5) is 11.7. The van der Waals surface area contributed by atoms with Crippen LogP contribution in [0.1, 0.15) is 12.5 Å². The van der Waals surface area contributed by atoms with Gasteiger partial charge in [0.05, 0.1) is 12.1 Å². The van der Waals surface area contributed by atoms with Gasteiger partial charge in [-0.2, -0.15) is 0 Å². The minimum Gasteiger partial charge on any atom is -0.445 e. The third-order valence-corrected chi connectivity index (χ3v) is 3.36. The van der Waals surface area contributed by atoms with E-state index in [1.807, 2.05) is 18.2 Å². The largest absolute Gasteiger partial charge is 0.445 e. The van der Waals surface area contributed by atoms with Crippen LogP contribution in [0.15, 0.2) is 30.3 Å². The smallest absolute Gasteiger partial charge is 0.407 e. The van der Waals surface area contributed by atoms with Crippen LogP contribution >= 0.6 is 0 Å². The van der Waals surface area contributed by atoms with Gasteiger partial charge in [-0.25, -0.2) is 4.79 Å². The van der Waals surface area contributed by atoms with Crippen molar-refractivity contribution in [2.45, 2.75) is 44.2 Å². The summed E-state index contributed by atoms with van der Waals surface area (Å²) in [5.74, 6) is 0. The first-order valence-corrected chi connectivity index (χ1v) is 6.66. The van der Waals surface area contributed by atoms with E-state index in [1.54, 1.807) is 12.1 Å². The van der Waals surface area contributed by atoms with E-state index in [0.717, 1.165) is 5.56 Å². The quantitative estimate of drug-likeness (QED) is 0.612. The minimum atomic E-state index is -1.47. The monoisotopic (exact) mass is 297 g/mol. The maximum absolute atomic E-state index is 11.7. The van der Waals surface area contributed by atoms with Crippen molar-refractivity contribution in [2.24, 2.45) is 0 Å². The van der Waals surface area contributed by atoms with Gasteiger partial charge in [-0.05, 0) is 12.5 Å². The number of aliphatic hydroxyl groups excluding tert-OH is 3. The summed E-state index contributed by atoms with van der Waals surface area (Å²) in [6.45, 7) is 1.60. The highest BCUT2D eigenvalue weighted by molar-refractivity contribution is 5.67. The van der Waals surface area contributed by atoms with Gasteiger partial charge in [0.2, 0.25) is 0 Å². The van der Waals surface area contributed by atoms with E-state index >= 15 is 0 Å². The Labute approximate surface area is 122 Å². The highest BCUT2D eigenvalue weighted by atomic mass is 16.6. The van der Waals surface area contributed by atoms with E-state index < -0.39 is 36.7 Å². The molecule has 0 bridgehead atoms. The number of hydrogen-bond donors (Lipinski definition) is 4. The molecule has 0 saturated carbocycles. The standard InChI is InChI=1S/C14H19NO6/c1-8-11(16)10(12(17)13(18)21-8)15-14(19)20-7-9-5-3-2-4-6-9/h2-6,8,10-13,16-18H,7H2,1H3,(H,15,19)/t8-,10+,11-,12-,13-/m0/s1. The van der Waals surface area contributed by atoms with Gasteiger partial charge in [-0.1, -0.05) is 30.3 Å². The fraction of sp³-hybridized carbons (Fsp3) is 0.500. The van der Waals surface area contributed by atoms with Crippen molar-refractivity contribution in [1.29, 1.82) is 0 Å². The van der Waals surface area contributed by atoms with Crippen LogP contribution in [-0.4, -0.2) is 52.1 Å². The van der Waals surface area contributed by atoms with Crippen LogP contribution in [0.3, 0.4) is 0 Å². The number of ether oxygens (including phenoxy) is 2. The molecule has 0 unspecified atom stereocenters. The van der Waals surface area contributed by atoms with E-state index in [2.05, 4.69) is 5.32 Å². The van der Waals surface area contributed by atoms with Crippen molar-refractivity contribution < 1.29 is 29.6 Å². The van der Waals surface area contributed by atoms with Crippen LogP contribution < -0.4 is 5.32 Å². The Morgan fingerprint density at radius 2 is 1.90 bits per heavy atom. The Hall–Kier alpha value is -1.67. The Morgan fingerprint density at radius 3 is 2.57 bits per heavy atom. The number of nitrogens with one attached hydrogen (secondary N) is 1. The first kappa shape index (κ1) is 15.7. The third-order valence-electron chi connectivity index (χ3n) is 3.36. The molecule has 1 aliphatic rings. The summed E-state index contributed by atoms with van der Waals surface area (Å²) in [7, 11) is 0. The predicted molar refractivity (Wildman–Crippen MR) is 72.1 cm³/mol. The van der Waals surface area contributed by atoms with E-state index in [4.69, 9.17) is 9.47 Å². The fourth-order valence-electron chi connectivity index (χ4n) is 2.12. The summed E-state index contributed by atoms with van der Waals surface area (Å²) in [5, 5.41) is 31.5. The second-order valence-corrected chi connectivity index (χ2v) is 4.94. The number of benzene rings is 1. The van der Waals surface area contributed by atoms with Gasteiger partial charge < -0.3 is 30.1 Å². The Kier molecular flexibility index (Phi) is 5.13. The number of alkyl carbamates (subject to hydrolysis) is 1. The number of aliphatic hydroxyl groups is 3. The van der Waals surface area contributed by atoms with Crippen molar-refractivity contribution in [2.75, 3.05) is 0 Å². The summed E-state index contributed by atoms with van der Waals surface area (Å²) >= 11 is 0. The molecular weight excluding hydrogens is 278 g/mol. The Morgan fingerprint density at radius 1 is 1.24 bits per heavy atom. The van der Waals surface area contributed by atoms with E-state index in [0.29, 0.717) is 0 Å². The molecule has 1 aliphatic heterocycles. The molecule has 1 heterocycles. The molecule has 0 radical (unpaired) electrons. The van der Waals surface area contributed by atoms with Crippen molar-refractivity contribution in [3.8, 4) is 0 Å². The van der Waals surface area contributed by atoms with Crippen LogP contribution in [0.25, 0.3) is 0 Å². The topological polar surface area (TPSA) is 108 Å². The number of carbonyl (C=O) groups is 1. The van der Waals surface area contributed by atoms with Crippen LogP contribution in [0.5, 0.6) is 0 Å². The molecule has 0 aromatic heterocycles. The SMILES string of the molecule is C[C@@H]1O[C@H](O)[C@@H](O)[C@H](NC(=O)OCc2ccccc2)[C@H]1O. The number of hydrogen-bond acceptors (Lipinski definition) is 6. The normalized spacial score (nSPS) is 32.5. The lowest BCUT2D eigenvalue weighted by Gasteiger charge is -2.39. The van der Waals surface area contributed by atoms with Gasteiger partial charge in [-0.15, -0.1) is 0 Å². The van der Waals surface area contributed by atoms with Crippen LogP contribution in [0.2, 0.25) is 0 Å². The van der Waals surface area contributed by atoms with Crippen molar-refractivity contribution in [3.63, 3.8) is 0 Å². The lowest BCUT2D eigenvalue weighted by molar-refractivity contribution is -0.250. The molecule has 7 heteroatoms. The van der Waals surface area contributed by atoms with Gasteiger partial charge in [-0.3, -0.25) is 0 Å². The van der Waals surface area contributed by atoms with Crippen molar-refractivity contribution in [1.82, 2.24) is 5.32 Å². The van der Waals surface area contributed by atoms with Crippen molar-refractivity contribution in [3.05, 3.63) is 35.9 Å². The second kappa shape index (κ2) is 6.86. The van der Waals surface area contributed by atoms with Gasteiger partial charge in [0.25, 0.3) is 0 Å². The average molecular weight is 297 g/mol. The summed E-state index contributed by atoms with van der Waals surface area (Å²) in [5.41, 5.74) is 0.814. The molecule has 0 aliphatic carbocycles. The highest BCUT2D eigenvalue weighted by Crippen LogP contribution is 2.19. The maximum Gasteiger partial charge on any atom is 0.407 e. The van der Waals surface area contributed by atoms with Crippen LogP contribution in [0.4, 0.5) is 4.79 Å². The molecule has 1 saturated heterocycles. The predicted octanol–water partition coefficient (Wildman–Crippen LogP) is -0.260. The first-order chi connectivity index (χ1) is 9.99. The highest BCUT2D eigenvalue weighted by Gasteiger charge is 2.43. The van der Waals surface area contributed by atoms with Crippen LogP contribution in [0, 0.1) is 0 Å². The average Bonchev–Trinajstić information content (AvgIpc) is 2.48. The second-order valence-electron chi connectivity index (χ2n) is 4.94. The molecule has 4 N–H and O–H groups in total. The van der Waals surface area contributed by atoms with Crippen LogP contribution in [-0.2, 0) is 16.1 Å². The van der Waals surface area contributed by atoms with Gasteiger partial charge >= 0.3 is 6.09 Å². The Bertz CT molecular complexity index is 454. The number of rotatable bonds is 3. The first-order valence-electron chi connectivity index (χ1n) is 6.66.